The van der Waals surface area contributed by atoms with Crippen LogP contribution in [0.4, 0.5) is 5.69 Å². The standard InChI is InChI=1S/C14H22ClN3O2S/c1-20-8-7-18-13(19)12(15)11(9-17-18)16-10-14(21-2)5-3-4-6-14/h9,16H,3-8,10H2,1-2H3. The molecule has 118 valence electrons. The number of aromatic nitrogens is 2. The van der Waals surface area contributed by atoms with Crippen molar-refractivity contribution in [2.24, 2.45) is 0 Å². The minimum atomic E-state index is -0.275. The first-order chi connectivity index (χ1) is 10.1. The van der Waals surface area contributed by atoms with Crippen molar-refractivity contribution in [2.75, 3.05) is 31.8 Å². The third-order valence-corrected chi connectivity index (χ3v) is 5.82. The van der Waals surface area contributed by atoms with Gasteiger partial charge in [0.1, 0.15) is 5.02 Å². The molecule has 1 aliphatic rings. The Labute approximate surface area is 134 Å². The molecule has 1 N–H and O–H groups in total. The monoisotopic (exact) mass is 331 g/mol. The predicted octanol–water partition coefficient (Wildman–Crippen LogP) is 2.63. The van der Waals surface area contributed by atoms with E-state index in [9.17, 15) is 4.79 Å². The van der Waals surface area contributed by atoms with Gasteiger partial charge in [-0.1, -0.05) is 24.4 Å². The Kier molecular flexibility index (Phi) is 5.96. The lowest BCUT2D eigenvalue weighted by Crippen LogP contribution is -2.31. The van der Waals surface area contributed by atoms with Crippen molar-refractivity contribution in [2.45, 2.75) is 37.0 Å². The summed E-state index contributed by atoms with van der Waals surface area (Å²) in [4.78, 5) is 12.1. The van der Waals surface area contributed by atoms with Gasteiger partial charge < -0.3 is 10.1 Å². The van der Waals surface area contributed by atoms with E-state index in [4.69, 9.17) is 16.3 Å². The second-order valence-corrected chi connectivity index (χ2v) is 6.99. The van der Waals surface area contributed by atoms with E-state index in [1.54, 1.807) is 13.3 Å². The lowest BCUT2D eigenvalue weighted by Gasteiger charge is -2.27. The number of anilines is 1. The van der Waals surface area contributed by atoms with E-state index in [1.807, 2.05) is 11.8 Å². The summed E-state index contributed by atoms with van der Waals surface area (Å²) < 4.78 is 6.54. The summed E-state index contributed by atoms with van der Waals surface area (Å²) in [6.45, 7) is 1.66. The lowest BCUT2D eigenvalue weighted by molar-refractivity contribution is 0.182. The summed E-state index contributed by atoms with van der Waals surface area (Å²) in [6.07, 6.45) is 8.73. The van der Waals surface area contributed by atoms with E-state index in [0.717, 1.165) is 6.54 Å². The summed E-state index contributed by atoms with van der Waals surface area (Å²) in [6, 6.07) is 0. The van der Waals surface area contributed by atoms with Crippen LogP contribution in [0.1, 0.15) is 25.7 Å². The van der Waals surface area contributed by atoms with Crippen LogP contribution in [-0.4, -0.2) is 41.0 Å². The topological polar surface area (TPSA) is 56.1 Å². The minimum Gasteiger partial charge on any atom is -0.383 e. The fourth-order valence-corrected chi connectivity index (χ4v) is 3.78. The van der Waals surface area contributed by atoms with Gasteiger partial charge in [0.25, 0.3) is 5.56 Å². The molecule has 0 bridgehead atoms. The first-order valence-corrected chi connectivity index (χ1v) is 8.76. The lowest BCUT2D eigenvalue weighted by atomic mass is 10.1. The highest BCUT2D eigenvalue weighted by molar-refractivity contribution is 8.00. The molecule has 1 fully saturated rings. The molecule has 2 rings (SSSR count). The molecular formula is C14H22ClN3O2S. The molecule has 21 heavy (non-hydrogen) atoms. The van der Waals surface area contributed by atoms with Gasteiger partial charge in [-0.2, -0.15) is 16.9 Å². The minimum absolute atomic E-state index is 0.204. The molecule has 1 saturated carbocycles. The van der Waals surface area contributed by atoms with Crippen LogP contribution in [0, 0.1) is 0 Å². The van der Waals surface area contributed by atoms with Crippen molar-refractivity contribution >= 4 is 29.1 Å². The molecule has 0 atom stereocenters. The summed E-state index contributed by atoms with van der Waals surface area (Å²) in [5, 5.41) is 7.66. The molecule has 7 heteroatoms. The maximum atomic E-state index is 12.1. The molecule has 0 radical (unpaired) electrons. The molecule has 0 aliphatic heterocycles. The molecule has 0 spiro atoms. The predicted molar refractivity (Wildman–Crippen MR) is 88.6 cm³/mol. The number of rotatable bonds is 7. The Morgan fingerprint density at radius 1 is 1.52 bits per heavy atom. The number of thioether (sulfide) groups is 1. The molecule has 5 nitrogen and oxygen atoms in total. The molecule has 0 unspecified atom stereocenters. The highest BCUT2D eigenvalue weighted by atomic mass is 35.5. The van der Waals surface area contributed by atoms with Gasteiger partial charge >= 0.3 is 0 Å². The molecule has 1 aromatic rings. The smallest absolute Gasteiger partial charge is 0.287 e. The average Bonchev–Trinajstić information content (AvgIpc) is 2.97. The molecular weight excluding hydrogens is 310 g/mol. The zero-order chi connectivity index (χ0) is 15.3. The highest BCUT2D eigenvalue weighted by Gasteiger charge is 2.32. The first-order valence-electron chi connectivity index (χ1n) is 7.15. The second kappa shape index (κ2) is 7.51. The number of hydrogen-bond donors (Lipinski definition) is 1. The average molecular weight is 332 g/mol. The largest absolute Gasteiger partial charge is 0.383 e. The van der Waals surface area contributed by atoms with Gasteiger partial charge in [0, 0.05) is 18.4 Å². The van der Waals surface area contributed by atoms with Crippen molar-refractivity contribution in [3.63, 3.8) is 0 Å². The first kappa shape index (κ1) is 16.6. The molecule has 1 aromatic heterocycles. The van der Waals surface area contributed by atoms with Crippen molar-refractivity contribution in [3.05, 3.63) is 21.6 Å². The Morgan fingerprint density at radius 3 is 2.86 bits per heavy atom. The summed E-state index contributed by atoms with van der Waals surface area (Å²) >= 11 is 8.07. The van der Waals surface area contributed by atoms with E-state index in [1.165, 1.54) is 30.4 Å². The van der Waals surface area contributed by atoms with Crippen LogP contribution in [0.15, 0.2) is 11.0 Å². The number of hydrogen-bond acceptors (Lipinski definition) is 5. The van der Waals surface area contributed by atoms with Crippen LogP contribution in [0.25, 0.3) is 0 Å². The zero-order valence-electron chi connectivity index (χ0n) is 12.5. The van der Waals surface area contributed by atoms with Crippen molar-refractivity contribution in [1.82, 2.24) is 9.78 Å². The van der Waals surface area contributed by atoms with E-state index >= 15 is 0 Å². The summed E-state index contributed by atoms with van der Waals surface area (Å²) in [5.74, 6) is 0. The fraction of sp³-hybridized carbons (Fsp3) is 0.714. The maximum Gasteiger partial charge on any atom is 0.287 e. The fourth-order valence-electron chi connectivity index (χ4n) is 2.65. The van der Waals surface area contributed by atoms with Crippen LogP contribution in [0.3, 0.4) is 0 Å². The Hall–Kier alpha value is -0.720. The van der Waals surface area contributed by atoms with Crippen LogP contribution < -0.4 is 10.9 Å². The number of nitrogens with one attached hydrogen (secondary N) is 1. The van der Waals surface area contributed by atoms with Gasteiger partial charge in [0.2, 0.25) is 0 Å². The van der Waals surface area contributed by atoms with E-state index in [-0.39, 0.29) is 15.3 Å². The van der Waals surface area contributed by atoms with E-state index in [0.29, 0.717) is 18.8 Å². The van der Waals surface area contributed by atoms with Crippen LogP contribution in [-0.2, 0) is 11.3 Å². The number of nitrogens with zero attached hydrogens (tertiary/aromatic N) is 2. The summed E-state index contributed by atoms with van der Waals surface area (Å²) in [5.41, 5.74) is 0.346. The van der Waals surface area contributed by atoms with Crippen LogP contribution >= 0.6 is 23.4 Å². The Morgan fingerprint density at radius 2 is 2.24 bits per heavy atom. The van der Waals surface area contributed by atoms with E-state index in [2.05, 4.69) is 16.7 Å². The van der Waals surface area contributed by atoms with Gasteiger partial charge in [-0.3, -0.25) is 4.79 Å². The molecule has 0 amide bonds. The Balaban J connectivity index is 2.07. The summed E-state index contributed by atoms with van der Waals surface area (Å²) in [7, 11) is 1.59. The quantitative estimate of drug-likeness (QED) is 0.832. The van der Waals surface area contributed by atoms with Gasteiger partial charge in [-0.15, -0.1) is 0 Å². The van der Waals surface area contributed by atoms with Gasteiger partial charge in [0.05, 0.1) is 25.0 Å². The normalized spacial score (nSPS) is 17.1. The van der Waals surface area contributed by atoms with Crippen LogP contribution in [0.2, 0.25) is 5.02 Å². The van der Waals surface area contributed by atoms with Crippen molar-refractivity contribution < 1.29 is 4.74 Å². The molecule has 1 aliphatic carbocycles. The second-order valence-electron chi connectivity index (χ2n) is 5.34. The molecule has 1 heterocycles. The van der Waals surface area contributed by atoms with Crippen molar-refractivity contribution in [3.8, 4) is 0 Å². The number of halogens is 1. The molecule has 0 saturated heterocycles. The van der Waals surface area contributed by atoms with Crippen LogP contribution in [0.5, 0.6) is 0 Å². The van der Waals surface area contributed by atoms with Crippen molar-refractivity contribution in [1.29, 1.82) is 0 Å². The number of ether oxygens (including phenoxy) is 1. The third-order valence-electron chi connectivity index (χ3n) is 4.04. The van der Waals surface area contributed by atoms with Gasteiger partial charge in [-0.25, -0.2) is 4.68 Å². The van der Waals surface area contributed by atoms with Gasteiger partial charge in [-0.05, 0) is 19.1 Å². The highest BCUT2D eigenvalue weighted by Crippen LogP contribution is 2.40. The third kappa shape index (κ3) is 3.93. The van der Waals surface area contributed by atoms with E-state index < -0.39 is 0 Å². The zero-order valence-corrected chi connectivity index (χ0v) is 14.1. The number of methoxy groups -OCH3 is 1. The Bertz CT molecular complexity index is 529. The molecule has 0 aromatic carbocycles. The maximum absolute atomic E-state index is 12.1. The SMILES string of the molecule is COCCn1ncc(NCC2(SC)CCCC2)c(Cl)c1=O. The van der Waals surface area contributed by atoms with Gasteiger partial charge in [0.15, 0.2) is 0 Å².